The molecule has 0 bridgehead atoms. The van der Waals surface area contributed by atoms with Crippen LogP contribution in [-0.4, -0.2) is 52.0 Å². The lowest BCUT2D eigenvalue weighted by atomic mass is 10.1. The molecule has 9 nitrogen and oxygen atoms in total. The van der Waals surface area contributed by atoms with Crippen LogP contribution in [-0.2, 0) is 4.79 Å². The summed E-state index contributed by atoms with van der Waals surface area (Å²) in [6, 6.07) is 17.4. The summed E-state index contributed by atoms with van der Waals surface area (Å²) in [6.45, 7) is 6.60. The van der Waals surface area contributed by atoms with Crippen LogP contribution in [0.15, 0.2) is 60.8 Å². The third kappa shape index (κ3) is 5.23. The minimum absolute atomic E-state index is 0.0718. The van der Waals surface area contributed by atoms with Crippen molar-refractivity contribution in [1.29, 1.82) is 0 Å². The first kappa shape index (κ1) is 26.8. The van der Waals surface area contributed by atoms with E-state index >= 15 is 0 Å². The maximum Gasteiger partial charge on any atom is 0.263 e. The van der Waals surface area contributed by atoms with Gasteiger partial charge in [0.1, 0.15) is 26.7 Å². The largest absolute Gasteiger partial charge is 0.457 e. The Bertz CT molecular complexity index is 1810. The molecule has 2 amide bonds. The number of H-pyrrole nitrogens is 1. The smallest absolute Gasteiger partial charge is 0.263 e. The second-order valence-electron chi connectivity index (χ2n) is 10.3. The number of nitrogens with one attached hydrogen (secondary N) is 4. The number of amides is 2. The van der Waals surface area contributed by atoms with Gasteiger partial charge in [0.05, 0.1) is 28.7 Å². The SMILES string of the molecule is C=c1[nH]c2c(C(=O)NC3CCC[C@@H]3NC(=O)CNC)sc3nccc(c32)n1-c1ccc(Oc2ccccc2)cc1C. The molecule has 2 atom stereocenters. The molecule has 0 radical (unpaired) electrons. The van der Waals surface area contributed by atoms with Crippen molar-refractivity contribution >= 4 is 51.0 Å². The number of para-hydroxylation sites is 1. The van der Waals surface area contributed by atoms with E-state index in [4.69, 9.17) is 4.74 Å². The molecular weight excluding hydrogens is 536 g/mol. The Morgan fingerprint density at radius 1 is 1.10 bits per heavy atom. The van der Waals surface area contributed by atoms with Gasteiger partial charge in [-0.2, -0.15) is 0 Å². The molecule has 1 aliphatic rings. The van der Waals surface area contributed by atoms with Crippen LogP contribution in [0.2, 0.25) is 0 Å². The van der Waals surface area contributed by atoms with Crippen LogP contribution in [0, 0.1) is 6.92 Å². The molecule has 5 aromatic rings. The summed E-state index contributed by atoms with van der Waals surface area (Å²) in [7, 11) is 1.74. The number of benzene rings is 2. The number of carbonyl (C=O) groups excluding carboxylic acids is 2. The molecule has 10 heteroatoms. The number of thiophene rings is 1. The maximum absolute atomic E-state index is 13.6. The van der Waals surface area contributed by atoms with Crippen LogP contribution < -0.4 is 26.2 Å². The molecule has 210 valence electrons. The first-order valence-electron chi connectivity index (χ1n) is 13.7. The van der Waals surface area contributed by atoms with E-state index in [2.05, 4.69) is 37.1 Å². The van der Waals surface area contributed by atoms with Crippen molar-refractivity contribution in [3.05, 3.63) is 76.7 Å². The fourth-order valence-corrected chi connectivity index (χ4v) is 6.64. The fraction of sp³-hybridized carbons (Fsp3) is 0.258. The van der Waals surface area contributed by atoms with Crippen LogP contribution in [0.5, 0.6) is 11.5 Å². The van der Waals surface area contributed by atoms with Gasteiger partial charge < -0.3 is 25.7 Å². The zero-order chi connectivity index (χ0) is 28.5. The zero-order valence-corrected chi connectivity index (χ0v) is 23.8. The Labute approximate surface area is 241 Å². The number of aromatic nitrogens is 3. The molecule has 3 heterocycles. The van der Waals surface area contributed by atoms with E-state index in [-0.39, 0.29) is 30.4 Å². The lowest BCUT2D eigenvalue weighted by Gasteiger charge is -2.22. The highest BCUT2D eigenvalue weighted by Crippen LogP contribution is 2.35. The van der Waals surface area contributed by atoms with Gasteiger partial charge in [-0.3, -0.25) is 14.2 Å². The Morgan fingerprint density at radius 3 is 2.63 bits per heavy atom. The molecule has 0 aliphatic heterocycles. The fourth-order valence-electron chi connectivity index (χ4n) is 5.62. The summed E-state index contributed by atoms with van der Waals surface area (Å²) < 4.78 is 8.08. The summed E-state index contributed by atoms with van der Waals surface area (Å²) >= 11 is 1.35. The van der Waals surface area contributed by atoms with E-state index in [1.54, 1.807) is 13.2 Å². The van der Waals surface area contributed by atoms with E-state index < -0.39 is 0 Å². The number of aryl methyl sites for hydroxylation is 1. The van der Waals surface area contributed by atoms with Gasteiger partial charge in [-0.1, -0.05) is 24.8 Å². The average molecular weight is 569 g/mol. The molecule has 4 N–H and O–H groups in total. The third-order valence-electron chi connectivity index (χ3n) is 7.46. The molecule has 0 saturated heterocycles. The van der Waals surface area contributed by atoms with Gasteiger partial charge >= 0.3 is 0 Å². The zero-order valence-electron chi connectivity index (χ0n) is 23.0. The molecule has 41 heavy (non-hydrogen) atoms. The number of rotatable bonds is 8. The molecule has 0 spiro atoms. The number of aromatic amines is 1. The maximum atomic E-state index is 13.6. The second kappa shape index (κ2) is 11.2. The van der Waals surface area contributed by atoms with Crippen LogP contribution >= 0.6 is 11.3 Å². The normalized spacial score (nSPS) is 16.7. The number of hydrogen-bond donors (Lipinski definition) is 4. The number of likely N-dealkylation sites (N-methyl/N-ethyl adjacent to an activating group) is 1. The number of carbonyl (C=O) groups is 2. The highest BCUT2D eigenvalue weighted by atomic mass is 32.1. The molecule has 1 aliphatic carbocycles. The average Bonchev–Trinajstić information content (AvgIpc) is 3.55. The summed E-state index contributed by atoms with van der Waals surface area (Å²) in [5.41, 5.74) is 4.21. The van der Waals surface area contributed by atoms with Gasteiger partial charge in [0.2, 0.25) is 5.91 Å². The Hall–Kier alpha value is -4.41. The van der Waals surface area contributed by atoms with Crippen molar-refractivity contribution in [3.8, 4) is 17.2 Å². The monoisotopic (exact) mass is 568 g/mol. The predicted octanol–water partition coefficient (Wildman–Crippen LogP) is 4.35. The first-order chi connectivity index (χ1) is 19.9. The van der Waals surface area contributed by atoms with E-state index in [1.807, 2.05) is 61.5 Å². The molecule has 3 aromatic heterocycles. The Balaban J connectivity index is 1.33. The molecular formula is C31H32N6O3S. The minimum atomic E-state index is -0.180. The topological polar surface area (TPSA) is 113 Å². The molecule has 2 aromatic carbocycles. The van der Waals surface area contributed by atoms with E-state index in [0.717, 1.165) is 57.7 Å². The van der Waals surface area contributed by atoms with Crippen molar-refractivity contribution in [2.45, 2.75) is 38.3 Å². The van der Waals surface area contributed by atoms with Gasteiger partial charge in [-0.15, -0.1) is 11.3 Å². The summed E-state index contributed by atoms with van der Waals surface area (Å²) in [4.78, 5) is 35.0. The second-order valence-corrected chi connectivity index (χ2v) is 11.3. The number of pyridine rings is 1. The van der Waals surface area contributed by atoms with Crippen molar-refractivity contribution in [3.63, 3.8) is 0 Å². The summed E-state index contributed by atoms with van der Waals surface area (Å²) in [5.74, 6) is 1.27. The highest BCUT2D eigenvalue weighted by Gasteiger charge is 2.31. The molecule has 1 saturated carbocycles. The minimum Gasteiger partial charge on any atom is -0.457 e. The first-order valence-corrected chi connectivity index (χ1v) is 14.5. The number of nitrogens with zero attached hydrogens (tertiary/aromatic N) is 2. The van der Waals surface area contributed by atoms with Gasteiger partial charge in [0.15, 0.2) is 0 Å². The van der Waals surface area contributed by atoms with Gasteiger partial charge in [0, 0.05) is 18.3 Å². The Morgan fingerprint density at radius 2 is 1.88 bits per heavy atom. The molecule has 1 unspecified atom stereocenters. The molecule has 1 fully saturated rings. The number of hydrogen-bond acceptors (Lipinski definition) is 6. The van der Waals surface area contributed by atoms with Crippen molar-refractivity contribution < 1.29 is 14.3 Å². The molecule has 6 rings (SSSR count). The van der Waals surface area contributed by atoms with Gasteiger partial charge in [-0.25, -0.2) is 4.98 Å². The Kier molecular flexibility index (Phi) is 7.34. The van der Waals surface area contributed by atoms with Crippen LogP contribution in [0.3, 0.4) is 0 Å². The van der Waals surface area contributed by atoms with Crippen molar-refractivity contribution in [2.24, 2.45) is 0 Å². The summed E-state index contributed by atoms with van der Waals surface area (Å²) in [5, 5.41) is 9.97. The third-order valence-corrected chi connectivity index (χ3v) is 8.56. The van der Waals surface area contributed by atoms with Gasteiger partial charge in [0.25, 0.3) is 5.91 Å². The lowest BCUT2D eigenvalue weighted by molar-refractivity contribution is -0.120. The van der Waals surface area contributed by atoms with E-state index in [9.17, 15) is 9.59 Å². The van der Waals surface area contributed by atoms with Crippen LogP contribution in [0.25, 0.3) is 33.5 Å². The van der Waals surface area contributed by atoms with E-state index in [0.29, 0.717) is 15.9 Å². The number of ether oxygens (including phenoxy) is 1. The van der Waals surface area contributed by atoms with Crippen molar-refractivity contribution in [2.75, 3.05) is 13.6 Å². The van der Waals surface area contributed by atoms with Crippen molar-refractivity contribution in [1.82, 2.24) is 30.5 Å². The predicted molar refractivity (Wildman–Crippen MR) is 163 cm³/mol. The van der Waals surface area contributed by atoms with E-state index in [1.165, 1.54) is 11.3 Å². The quantitative estimate of drug-likeness (QED) is 0.222. The van der Waals surface area contributed by atoms with Crippen LogP contribution in [0.1, 0.15) is 34.5 Å². The van der Waals surface area contributed by atoms with Gasteiger partial charge in [-0.05, 0) is 75.2 Å². The summed E-state index contributed by atoms with van der Waals surface area (Å²) in [6.07, 6.45) is 4.36. The standard InChI is InChI=1S/C31H32N6O3S/c1-18-16-21(40-20-8-5-4-6-9-20)12-13-24(18)37-19(2)34-28-27-25(37)14-15-33-31(27)41-29(28)30(39)36-23-11-7-10-22(23)35-26(38)17-32-3/h4-6,8-9,12-16,22-23,32,34H,2,7,10-11,17H2,1,3H3,(H,35,38)(H,36,39)/t22-,23?/m0/s1. The highest BCUT2D eigenvalue weighted by molar-refractivity contribution is 7.21. The van der Waals surface area contributed by atoms with Crippen LogP contribution in [0.4, 0.5) is 0 Å². The lowest BCUT2D eigenvalue weighted by Crippen LogP contribution is -2.50.